The van der Waals surface area contributed by atoms with Crippen LogP contribution in [0.5, 0.6) is 0 Å². The molecule has 0 heterocycles. The molecule has 1 aromatic rings. The standard InChI is InChI=1S/C7H10O2SSi/c1-10(8,9)6-2-4-7(11)5-3-6/h2-5H,1,11H3. The topological polar surface area (TPSA) is 34.1 Å². The summed E-state index contributed by atoms with van der Waals surface area (Å²) in [6, 6.07) is 7.00. The summed E-state index contributed by atoms with van der Waals surface area (Å²) in [5.74, 6) is 0. The van der Waals surface area contributed by atoms with E-state index in [-0.39, 0.29) is 0 Å². The molecule has 0 saturated heterocycles. The summed E-state index contributed by atoms with van der Waals surface area (Å²) >= 11 is 0. The van der Waals surface area contributed by atoms with Crippen LogP contribution in [0.2, 0.25) is 0 Å². The van der Waals surface area contributed by atoms with Gasteiger partial charge in [0.05, 0.1) is 4.90 Å². The molecule has 0 spiro atoms. The van der Waals surface area contributed by atoms with Crippen molar-refractivity contribution in [1.29, 1.82) is 0 Å². The molecule has 0 radical (unpaired) electrons. The molecule has 0 fully saturated rings. The highest BCUT2D eigenvalue weighted by Crippen LogP contribution is 2.04. The van der Waals surface area contributed by atoms with E-state index in [4.69, 9.17) is 0 Å². The molecule has 1 aromatic carbocycles. The number of benzene rings is 1. The van der Waals surface area contributed by atoms with Crippen LogP contribution in [-0.4, -0.2) is 24.9 Å². The molecule has 0 amide bonds. The highest BCUT2D eigenvalue weighted by Gasteiger charge is 2.04. The van der Waals surface area contributed by atoms with Gasteiger partial charge in [0.25, 0.3) is 0 Å². The van der Waals surface area contributed by atoms with Crippen LogP contribution in [0.3, 0.4) is 0 Å². The molecule has 0 aromatic heterocycles. The van der Waals surface area contributed by atoms with Gasteiger partial charge in [0.2, 0.25) is 0 Å². The molecule has 0 atom stereocenters. The maximum absolute atomic E-state index is 11.0. The molecule has 0 aliphatic rings. The maximum atomic E-state index is 11.0. The van der Waals surface area contributed by atoms with Crippen molar-refractivity contribution in [3.63, 3.8) is 0 Å². The lowest BCUT2D eigenvalue weighted by Crippen LogP contribution is -2.03. The van der Waals surface area contributed by atoms with Gasteiger partial charge in [-0.3, -0.25) is 0 Å². The zero-order valence-corrected chi connectivity index (χ0v) is 9.35. The predicted molar refractivity (Wildman–Crippen MR) is 49.1 cm³/mol. The lowest BCUT2D eigenvalue weighted by molar-refractivity contribution is 0.602. The Labute approximate surface area is 69.6 Å². The fraction of sp³-hybridized carbons (Fsp3) is 0.143. The van der Waals surface area contributed by atoms with Gasteiger partial charge in [-0.05, 0) is 12.1 Å². The molecule has 1 rings (SSSR count). The van der Waals surface area contributed by atoms with E-state index in [0.717, 1.165) is 10.2 Å². The van der Waals surface area contributed by atoms with E-state index < -0.39 is 9.84 Å². The van der Waals surface area contributed by atoms with E-state index in [9.17, 15) is 8.42 Å². The Bertz CT molecular complexity index is 339. The van der Waals surface area contributed by atoms with Crippen LogP contribution in [-0.2, 0) is 9.84 Å². The van der Waals surface area contributed by atoms with Crippen LogP contribution < -0.4 is 5.19 Å². The summed E-state index contributed by atoms with van der Waals surface area (Å²) in [4.78, 5) is 0.400. The van der Waals surface area contributed by atoms with Gasteiger partial charge in [-0.2, -0.15) is 0 Å². The first-order valence-electron chi connectivity index (χ1n) is 3.27. The van der Waals surface area contributed by atoms with Crippen molar-refractivity contribution in [2.45, 2.75) is 4.90 Å². The molecule has 0 unspecified atom stereocenters. The van der Waals surface area contributed by atoms with Gasteiger partial charge in [-0.25, -0.2) is 8.42 Å². The van der Waals surface area contributed by atoms with Crippen molar-refractivity contribution in [3.8, 4) is 0 Å². The highest BCUT2D eigenvalue weighted by molar-refractivity contribution is 7.90. The summed E-state index contributed by atoms with van der Waals surface area (Å²) in [6.07, 6.45) is 1.22. The molecular weight excluding hydrogens is 176 g/mol. The van der Waals surface area contributed by atoms with Crippen molar-refractivity contribution in [1.82, 2.24) is 0 Å². The Morgan fingerprint density at radius 3 is 2.00 bits per heavy atom. The minimum absolute atomic E-state index is 0.400. The third-order valence-corrected chi connectivity index (χ3v) is 3.24. The van der Waals surface area contributed by atoms with E-state index in [0.29, 0.717) is 4.90 Å². The zero-order valence-electron chi connectivity index (χ0n) is 6.53. The first kappa shape index (κ1) is 8.48. The van der Waals surface area contributed by atoms with E-state index in [1.807, 2.05) is 12.1 Å². The highest BCUT2D eigenvalue weighted by atomic mass is 32.2. The molecule has 0 N–H and O–H groups in total. The van der Waals surface area contributed by atoms with Crippen molar-refractivity contribution >= 4 is 25.3 Å². The van der Waals surface area contributed by atoms with Gasteiger partial charge < -0.3 is 0 Å². The molecule has 0 saturated carbocycles. The zero-order chi connectivity index (χ0) is 8.48. The van der Waals surface area contributed by atoms with Crippen LogP contribution >= 0.6 is 0 Å². The van der Waals surface area contributed by atoms with E-state index in [1.165, 1.54) is 11.4 Å². The fourth-order valence-electron chi connectivity index (χ4n) is 0.785. The van der Waals surface area contributed by atoms with Gasteiger partial charge in [-0.15, -0.1) is 0 Å². The molecule has 0 bridgehead atoms. The summed E-state index contributed by atoms with van der Waals surface area (Å²) in [5.41, 5.74) is 0. The third-order valence-electron chi connectivity index (χ3n) is 1.45. The Morgan fingerprint density at radius 1 is 1.18 bits per heavy atom. The van der Waals surface area contributed by atoms with E-state index >= 15 is 0 Å². The Morgan fingerprint density at radius 2 is 1.64 bits per heavy atom. The second-order valence-corrected chi connectivity index (χ2v) is 5.76. The van der Waals surface area contributed by atoms with Crippen molar-refractivity contribution < 1.29 is 8.42 Å². The van der Waals surface area contributed by atoms with Gasteiger partial charge >= 0.3 is 0 Å². The molecule has 11 heavy (non-hydrogen) atoms. The molecule has 60 valence electrons. The smallest absolute Gasteiger partial charge is 0.175 e. The second kappa shape index (κ2) is 2.79. The third kappa shape index (κ3) is 2.16. The molecule has 2 nitrogen and oxygen atoms in total. The van der Waals surface area contributed by atoms with Crippen LogP contribution in [0, 0.1) is 0 Å². The SMILES string of the molecule is CS(=O)(=O)c1ccc([SiH3])cc1. The summed E-state index contributed by atoms with van der Waals surface area (Å²) in [7, 11) is -2.04. The summed E-state index contributed by atoms with van der Waals surface area (Å²) < 4.78 is 21.9. The van der Waals surface area contributed by atoms with Crippen molar-refractivity contribution in [3.05, 3.63) is 24.3 Å². The monoisotopic (exact) mass is 186 g/mol. The van der Waals surface area contributed by atoms with Gasteiger partial charge in [0, 0.05) is 16.5 Å². The molecular formula is C7H10O2SSi. The predicted octanol–water partition coefficient (Wildman–Crippen LogP) is -0.919. The van der Waals surface area contributed by atoms with Crippen LogP contribution in [0.15, 0.2) is 29.2 Å². The Balaban J connectivity index is 3.20. The van der Waals surface area contributed by atoms with Crippen LogP contribution in [0.4, 0.5) is 0 Å². The van der Waals surface area contributed by atoms with Crippen molar-refractivity contribution in [2.75, 3.05) is 6.26 Å². The maximum Gasteiger partial charge on any atom is 0.175 e. The lowest BCUT2D eigenvalue weighted by atomic mass is 10.4. The normalized spacial score (nSPS) is 11.7. The first-order valence-corrected chi connectivity index (χ1v) is 6.16. The van der Waals surface area contributed by atoms with Crippen LogP contribution in [0.1, 0.15) is 0 Å². The van der Waals surface area contributed by atoms with E-state index in [1.54, 1.807) is 12.1 Å². The summed E-state index contributed by atoms with van der Waals surface area (Å²) in [5, 5.41) is 1.21. The number of hydrogen-bond donors (Lipinski definition) is 0. The number of sulfone groups is 1. The van der Waals surface area contributed by atoms with Gasteiger partial charge in [0.15, 0.2) is 9.84 Å². The Kier molecular flexibility index (Phi) is 2.15. The van der Waals surface area contributed by atoms with Gasteiger partial charge in [-0.1, -0.05) is 17.3 Å². The molecule has 4 heteroatoms. The van der Waals surface area contributed by atoms with Crippen LogP contribution in [0.25, 0.3) is 0 Å². The number of rotatable bonds is 1. The quantitative estimate of drug-likeness (QED) is 0.532. The minimum atomic E-state index is -3.00. The van der Waals surface area contributed by atoms with E-state index in [2.05, 4.69) is 0 Å². The molecule has 0 aliphatic carbocycles. The molecule has 0 aliphatic heterocycles. The first-order chi connectivity index (χ1) is 5.00. The van der Waals surface area contributed by atoms with Gasteiger partial charge in [0.1, 0.15) is 0 Å². The Hall–Kier alpha value is -0.613. The lowest BCUT2D eigenvalue weighted by Gasteiger charge is -1.96. The van der Waals surface area contributed by atoms with Crippen molar-refractivity contribution in [2.24, 2.45) is 0 Å². The average molecular weight is 186 g/mol. The fourth-order valence-corrected chi connectivity index (χ4v) is 1.75. The summed E-state index contributed by atoms with van der Waals surface area (Å²) in [6.45, 7) is 0. The minimum Gasteiger partial charge on any atom is -0.224 e. The number of hydrogen-bond acceptors (Lipinski definition) is 2. The second-order valence-electron chi connectivity index (χ2n) is 2.59. The average Bonchev–Trinajstić information content (AvgIpc) is 1.86. The largest absolute Gasteiger partial charge is 0.224 e.